The SMILES string of the molecule is CCCN1c2ccc(C=Nc3ccc(Cl)cc3Cl)cc2C(C)CC1(C)C. The fourth-order valence-corrected chi connectivity index (χ4v) is 4.42. The summed E-state index contributed by atoms with van der Waals surface area (Å²) in [7, 11) is 0. The fourth-order valence-electron chi connectivity index (χ4n) is 3.97. The molecule has 2 aromatic carbocycles. The molecule has 1 heterocycles. The second-order valence-corrected chi connectivity index (χ2v) is 8.59. The van der Waals surface area contributed by atoms with E-state index in [0.29, 0.717) is 16.0 Å². The molecule has 0 spiro atoms. The van der Waals surface area contributed by atoms with E-state index in [9.17, 15) is 0 Å². The summed E-state index contributed by atoms with van der Waals surface area (Å²) >= 11 is 12.2. The Balaban J connectivity index is 1.93. The summed E-state index contributed by atoms with van der Waals surface area (Å²) in [5, 5.41) is 1.19. The van der Waals surface area contributed by atoms with E-state index < -0.39 is 0 Å². The molecule has 0 N–H and O–H groups in total. The van der Waals surface area contributed by atoms with Crippen molar-refractivity contribution in [3.05, 3.63) is 57.6 Å². The Kier molecular flexibility index (Phi) is 5.64. The van der Waals surface area contributed by atoms with E-state index in [4.69, 9.17) is 23.2 Å². The monoisotopic (exact) mass is 388 g/mol. The number of nitrogens with zero attached hydrogens (tertiary/aromatic N) is 2. The first-order valence-electron chi connectivity index (χ1n) is 9.22. The van der Waals surface area contributed by atoms with E-state index in [1.165, 1.54) is 11.3 Å². The van der Waals surface area contributed by atoms with Gasteiger partial charge in [0.25, 0.3) is 0 Å². The van der Waals surface area contributed by atoms with Gasteiger partial charge in [0.05, 0.1) is 10.7 Å². The Bertz CT molecular complexity index is 827. The summed E-state index contributed by atoms with van der Waals surface area (Å²) < 4.78 is 0. The number of fused-ring (bicyclic) bond motifs is 1. The lowest BCUT2D eigenvalue weighted by molar-refractivity contribution is 0.376. The largest absolute Gasteiger partial charge is 0.366 e. The van der Waals surface area contributed by atoms with Crippen LogP contribution in [0.5, 0.6) is 0 Å². The van der Waals surface area contributed by atoms with Gasteiger partial charge in [0.15, 0.2) is 0 Å². The third-order valence-electron chi connectivity index (χ3n) is 5.12. The average Bonchev–Trinajstić information content (AvgIpc) is 2.57. The molecule has 0 aromatic heterocycles. The van der Waals surface area contributed by atoms with E-state index in [-0.39, 0.29) is 5.54 Å². The third kappa shape index (κ3) is 3.92. The fraction of sp³-hybridized carbons (Fsp3) is 0.409. The van der Waals surface area contributed by atoms with Gasteiger partial charge in [-0.1, -0.05) is 43.1 Å². The van der Waals surface area contributed by atoms with Gasteiger partial charge in [-0.15, -0.1) is 0 Å². The second-order valence-electron chi connectivity index (χ2n) is 7.74. The van der Waals surface area contributed by atoms with E-state index >= 15 is 0 Å². The molecule has 26 heavy (non-hydrogen) atoms. The molecule has 0 amide bonds. The van der Waals surface area contributed by atoms with Gasteiger partial charge >= 0.3 is 0 Å². The highest BCUT2D eigenvalue weighted by atomic mass is 35.5. The van der Waals surface area contributed by atoms with Gasteiger partial charge in [-0.2, -0.15) is 0 Å². The number of benzene rings is 2. The topological polar surface area (TPSA) is 15.6 Å². The minimum absolute atomic E-state index is 0.189. The minimum Gasteiger partial charge on any atom is -0.366 e. The van der Waals surface area contributed by atoms with Crippen LogP contribution in [-0.4, -0.2) is 18.3 Å². The second kappa shape index (κ2) is 7.62. The first kappa shape index (κ1) is 19.3. The van der Waals surface area contributed by atoms with Crippen LogP contribution in [0.1, 0.15) is 57.6 Å². The molecule has 4 heteroatoms. The summed E-state index contributed by atoms with van der Waals surface area (Å²) in [6, 6.07) is 12.0. The van der Waals surface area contributed by atoms with Crippen molar-refractivity contribution in [1.29, 1.82) is 0 Å². The van der Waals surface area contributed by atoms with Gasteiger partial charge in [0, 0.05) is 29.0 Å². The number of rotatable bonds is 4. The van der Waals surface area contributed by atoms with Gasteiger partial charge in [0.2, 0.25) is 0 Å². The van der Waals surface area contributed by atoms with Crippen molar-refractivity contribution in [3.63, 3.8) is 0 Å². The van der Waals surface area contributed by atoms with Crippen LogP contribution < -0.4 is 4.90 Å². The van der Waals surface area contributed by atoms with Crippen molar-refractivity contribution in [1.82, 2.24) is 0 Å². The molecule has 1 aliphatic heterocycles. The molecule has 1 unspecified atom stereocenters. The van der Waals surface area contributed by atoms with Crippen LogP contribution in [0.25, 0.3) is 0 Å². The summed E-state index contributed by atoms with van der Waals surface area (Å²) in [5.41, 5.74) is 4.78. The molecular formula is C22H26Cl2N2. The lowest BCUT2D eigenvalue weighted by atomic mass is 9.79. The zero-order valence-corrected chi connectivity index (χ0v) is 17.4. The molecule has 0 saturated heterocycles. The van der Waals surface area contributed by atoms with Crippen LogP contribution in [0.3, 0.4) is 0 Å². The molecule has 2 nitrogen and oxygen atoms in total. The molecule has 0 saturated carbocycles. The Hall–Kier alpha value is -1.51. The Labute approximate surface area is 166 Å². The van der Waals surface area contributed by atoms with Gasteiger partial charge in [-0.05, 0) is 74.1 Å². The summed E-state index contributed by atoms with van der Waals surface area (Å²) in [6.07, 6.45) is 4.19. The van der Waals surface area contributed by atoms with Crippen LogP contribution in [0.15, 0.2) is 41.4 Å². The third-order valence-corrected chi connectivity index (χ3v) is 5.66. The van der Waals surface area contributed by atoms with Gasteiger partial charge in [-0.3, -0.25) is 4.99 Å². The van der Waals surface area contributed by atoms with E-state index in [1.54, 1.807) is 12.1 Å². The maximum atomic E-state index is 6.21. The first-order valence-corrected chi connectivity index (χ1v) is 9.98. The highest BCUT2D eigenvalue weighted by Gasteiger charge is 2.35. The van der Waals surface area contributed by atoms with E-state index in [2.05, 4.69) is 55.8 Å². The van der Waals surface area contributed by atoms with Crippen molar-refractivity contribution in [2.45, 2.75) is 52.0 Å². The molecular weight excluding hydrogens is 363 g/mol. The molecule has 0 bridgehead atoms. The summed E-state index contributed by atoms with van der Waals surface area (Å²) in [6.45, 7) is 10.3. The number of hydrogen-bond acceptors (Lipinski definition) is 2. The van der Waals surface area contributed by atoms with Crippen LogP contribution in [0.4, 0.5) is 11.4 Å². The Morgan fingerprint density at radius 1 is 1.19 bits per heavy atom. The maximum absolute atomic E-state index is 6.21. The first-order chi connectivity index (χ1) is 12.3. The van der Waals surface area contributed by atoms with Crippen LogP contribution >= 0.6 is 23.2 Å². The highest BCUT2D eigenvalue weighted by Crippen LogP contribution is 2.43. The lowest BCUT2D eigenvalue weighted by Gasteiger charge is -2.47. The Morgan fingerprint density at radius 3 is 2.65 bits per heavy atom. The lowest BCUT2D eigenvalue weighted by Crippen LogP contribution is -2.48. The van der Waals surface area contributed by atoms with Crippen molar-refractivity contribution in [3.8, 4) is 0 Å². The predicted octanol–water partition coefficient (Wildman–Crippen LogP) is 7.25. The smallest absolute Gasteiger partial charge is 0.0817 e. The highest BCUT2D eigenvalue weighted by molar-refractivity contribution is 6.36. The van der Waals surface area contributed by atoms with Crippen molar-refractivity contribution < 1.29 is 0 Å². The van der Waals surface area contributed by atoms with Gasteiger partial charge in [0.1, 0.15) is 0 Å². The number of anilines is 1. The van der Waals surface area contributed by atoms with E-state index in [1.807, 2.05) is 12.3 Å². The molecule has 0 radical (unpaired) electrons. The van der Waals surface area contributed by atoms with Crippen LogP contribution in [0.2, 0.25) is 10.0 Å². The van der Waals surface area contributed by atoms with Crippen molar-refractivity contribution >= 4 is 40.8 Å². The normalized spacial score (nSPS) is 19.0. The van der Waals surface area contributed by atoms with Crippen LogP contribution in [0, 0.1) is 0 Å². The molecule has 0 fully saturated rings. The van der Waals surface area contributed by atoms with Crippen molar-refractivity contribution in [2.75, 3.05) is 11.4 Å². The minimum atomic E-state index is 0.189. The average molecular weight is 389 g/mol. The van der Waals surface area contributed by atoms with E-state index in [0.717, 1.165) is 30.6 Å². The quantitative estimate of drug-likeness (QED) is 0.503. The predicted molar refractivity (Wildman–Crippen MR) is 115 cm³/mol. The number of hydrogen-bond donors (Lipinski definition) is 0. The summed E-state index contributed by atoms with van der Waals surface area (Å²) in [4.78, 5) is 7.10. The number of halogens is 2. The van der Waals surface area contributed by atoms with Crippen LogP contribution in [-0.2, 0) is 0 Å². The van der Waals surface area contributed by atoms with Crippen molar-refractivity contribution in [2.24, 2.45) is 4.99 Å². The van der Waals surface area contributed by atoms with Gasteiger partial charge < -0.3 is 4.90 Å². The standard InChI is InChI=1S/C22H26Cl2N2/c1-5-10-26-21-9-6-16(11-18(21)15(2)13-22(26,3)4)14-25-20-8-7-17(23)12-19(20)24/h6-9,11-12,14-15H,5,10,13H2,1-4H3. The summed E-state index contributed by atoms with van der Waals surface area (Å²) in [5.74, 6) is 0.528. The molecule has 138 valence electrons. The maximum Gasteiger partial charge on any atom is 0.0817 e. The molecule has 1 aliphatic rings. The molecule has 0 aliphatic carbocycles. The van der Waals surface area contributed by atoms with Gasteiger partial charge in [-0.25, -0.2) is 0 Å². The number of aliphatic imine (C=N–C) groups is 1. The molecule has 2 aromatic rings. The zero-order valence-electron chi connectivity index (χ0n) is 15.9. The molecule has 3 rings (SSSR count). The zero-order chi connectivity index (χ0) is 18.9. The molecule has 1 atom stereocenters. The Morgan fingerprint density at radius 2 is 1.96 bits per heavy atom.